The van der Waals surface area contributed by atoms with E-state index in [-0.39, 0.29) is 0 Å². The fraction of sp³-hybridized carbons (Fsp3) is 0.625. The molecule has 70 valence electrons. The van der Waals surface area contributed by atoms with Crippen LogP contribution in [0.25, 0.3) is 0 Å². The number of hydrogen-bond acceptors (Lipinski definition) is 4. The Morgan fingerprint density at radius 1 is 1.62 bits per heavy atom. The summed E-state index contributed by atoms with van der Waals surface area (Å²) in [4.78, 5) is 0. The molecule has 0 saturated carbocycles. The smallest absolute Gasteiger partial charge is 0.190 e. The highest BCUT2D eigenvalue weighted by atomic mass is 32.2. The third-order valence-electron chi connectivity index (χ3n) is 1.58. The van der Waals surface area contributed by atoms with Crippen LogP contribution in [0.5, 0.6) is 0 Å². The molecule has 0 unspecified atom stereocenters. The molecule has 0 aromatic carbocycles. The predicted octanol–water partition coefficient (Wildman–Crippen LogP) is 1.60. The van der Waals surface area contributed by atoms with Crippen LogP contribution < -0.4 is 0 Å². The minimum absolute atomic E-state index is 0.652. The maximum atomic E-state index is 8.31. The Kier molecular flexibility index (Phi) is 4.33. The zero-order chi connectivity index (χ0) is 9.52. The van der Waals surface area contributed by atoms with Crippen LogP contribution in [0.4, 0.5) is 0 Å². The molecule has 1 rings (SSSR count). The SMILES string of the molecule is Cn1cnnc1SCCCCC#N. The Morgan fingerprint density at radius 3 is 3.08 bits per heavy atom. The van der Waals surface area contributed by atoms with Gasteiger partial charge in [0.2, 0.25) is 0 Å². The van der Waals surface area contributed by atoms with Gasteiger partial charge in [0.05, 0.1) is 6.07 Å². The first kappa shape index (κ1) is 10.1. The van der Waals surface area contributed by atoms with Gasteiger partial charge in [0.15, 0.2) is 5.16 Å². The van der Waals surface area contributed by atoms with Crippen molar-refractivity contribution in [1.82, 2.24) is 14.8 Å². The van der Waals surface area contributed by atoms with Crippen molar-refractivity contribution in [2.75, 3.05) is 5.75 Å². The van der Waals surface area contributed by atoms with Crippen molar-refractivity contribution < 1.29 is 0 Å². The Hall–Kier alpha value is -1.02. The van der Waals surface area contributed by atoms with E-state index >= 15 is 0 Å². The average molecular weight is 196 g/mol. The highest BCUT2D eigenvalue weighted by Crippen LogP contribution is 2.15. The minimum atomic E-state index is 0.652. The predicted molar refractivity (Wildman–Crippen MR) is 51.2 cm³/mol. The molecule has 5 heteroatoms. The van der Waals surface area contributed by atoms with Crippen molar-refractivity contribution in [3.63, 3.8) is 0 Å². The summed E-state index contributed by atoms with van der Waals surface area (Å²) >= 11 is 1.68. The first-order valence-electron chi connectivity index (χ1n) is 4.18. The molecule has 0 radical (unpaired) electrons. The summed E-state index contributed by atoms with van der Waals surface area (Å²) in [6.07, 6.45) is 4.38. The van der Waals surface area contributed by atoms with E-state index in [0.29, 0.717) is 6.42 Å². The summed E-state index contributed by atoms with van der Waals surface area (Å²) in [5.41, 5.74) is 0. The molecule has 4 nitrogen and oxygen atoms in total. The maximum absolute atomic E-state index is 8.31. The van der Waals surface area contributed by atoms with Gasteiger partial charge >= 0.3 is 0 Å². The lowest BCUT2D eigenvalue weighted by atomic mass is 10.3. The first-order chi connectivity index (χ1) is 6.34. The molecule has 0 saturated heterocycles. The molecule has 0 spiro atoms. The fourth-order valence-electron chi connectivity index (χ4n) is 0.873. The zero-order valence-corrected chi connectivity index (χ0v) is 8.42. The molecule has 0 N–H and O–H groups in total. The molecular formula is C8H12N4S. The van der Waals surface area contributed by atoms with Crippen LogP contribution in [0.15, 0.2) is 11.5 Å². The van der Waals surface area contributed by atoms with Gasteiger partial charge in [-0.1, -0.05) is 11.8 Å². The zero-order valence-electron chi connectivity index (χ0n) is 7.60. The van der Waals surface area contributed by atoms with Crippen LogP contribution in [0.3, 0.4) is 0 Å². The number of unbranched alkanes of at least 4 members (excludes halogenated alkanes) is 2. The molecule has 0 atom stereocenters. The lowest BCUT2D eigenvalue weighted by Gasteiger charge is -1.98. The quantitative estimate of drug-likeness (QED) is 0.530. The van der Waals surface area contributed by atoms with Crippen molar-refractivity contribution >= 4 is 11.8 Å². The van der Waals surface area contributed by atoms with E-state index in [1.165, 1.54) is 0 Å². The van der Waals surface area contributed by atoms with Crippen molar-refractivity contribution in [3.05, 3.63) is 6.33 Å². The summed E-state index contributed by atoms with van der Waals surface area (Å²) in [5.74, 6) is 1.01. The van der Waals surface area contributed by atoms with Gasteiger partial charge in [0.1, 0.15) is 6.33 Å². The van der Waals surface area contributed by atoms with Gasteiger partial charge in [-0.2, -0.15) is 5.26 Å². The van der Waals surface area contributed by atoms with E-state index in [4.69, 9.17) is 5.26 Å². The topological polar surface area (TPSA) is 54.5 Å². The average Bonchev–Trinajstić information content (AvgIpc) is 2.52. The van der Waals surface area contributed by atoms with E-state index in [0.717, 1.165) is 23.8 Å². The van der Waals surface area contributed by atoms with Gasteiger partial charge in [-0.3, -0.25) is 0 Å². The summed E-state index contributed by atoms with van der Waals surface area (Å²) in [6, 6.07) is 2.13. The highest BCUT2D eigenvalue weighted by Gasteiger charge is 1.99. The van der Waals surface area contributed by atoms with Crippen LogP contribution in [-0.4, -0.2) is 20.5 Å². The number of nitriles is 1. The summed E-state index contributed by atoms with van der Waals surface area (Å²) in [6.45, 7) is 0. The number of rotatable bonds is 5. The molecule has 13 heavy (non-hydrogen) atoms. The molecule has 0 aliphatic heterocycles. The molecule has 0 fully saturated rings. The number of thioether (sulfide) groups is 1. The van der Waals surface area contributed by atoms with Crippen molar-refractivity contribution in [3.8, 4) is 6.07 Å². The molecule has 0 amide bonds. The van der Waals surface area contributed by atoms with Gasteiger partial charge in [-0.05, 0) is 12.8 Å². The van der Waals surface area contributed by atoms with E-state index in [1.54, 1.807) is 18.1 Å². The summed E-state index contributed by atoms with van der Waals surface area (Å²) in [5, 5.41) is 17.0. The van der Waals surface area contributed by atoms with E-state index in [9.17, 15) is 0 Å². The third-order valence-corrected chi connectivity index (χ3v) is 2.70. The van der Waals surface area contributed by atoms with Crippen LogP contribution in [0, 0.1) is 11.3 Å². The lowest BCUT2D eigenvalue weighted by molar-refractivity contribution is 0.781. The molecule has 0 bridgehead atoms. The molecule has 1 aromatic rings. The van der Waals surface area contributed by atoms with Crippen LogP contribution in [0.2, 0.25) is 0 Å². The normalized spacial score (nSPS) is 9.85. The van der Waals surface area contributed by atoms with Gasteiger partial charge in [0, 0.05) is 19.2 Å². The van der Waals surface area contributed by atoms with E-state index < -0.39 is 0 Å². The van der Waals surface area contributed by atoms with Gasteiger partial charge in [-0.25, -0.2) is 0 Å². The second-order valence-electron chi connectivity index (χ2n) is 2.69. The second kappa shape index (κ2) is 5.60. The fourth-order valence-corrected chi connectivity index (χ4v) is 1.76. The minimum Gasteiger partial charge on any atom is -0.312 e. The number of aryl methyl sites for hydroxylation is 1. The van der Waals surface area contributed by atoms with E-state index in [1.807, 2.05) is 11.6 Å². The van der Waals surface area contributed by atoms with Crippen LogP contribution in [0.1, 0.15) is 19.3 Å². The van der Waals surface area contributed by atoms with Crippen LogP contribution in [-0.2, 0) is 7.05 Å². The van der Waals surface area contributed by atoms with Crippen molar-refractivity contribution in [2.45, 2.75) is 24.4 Å². The van der Waals surface area contributed by atoms with Gasteiger partial charge in [-0.15, -0.1) is 10.2 Å². The van der Waals surface area contributed by atoms with Gasteiger partial charge < -0.3 is 4.57 Å². The molecule has 0 aliphatic rings. The Labute approximate surface area is 82.0 Å². The third kappa shape index (κ3) is 3.47. The van der Waals surface area contributed by atoms with Crippen LogP contribution >= 0.6 is 11.8 Å². The lowest BCUT2D eigenvalue weighted by Crippen LogP contribution is -1.90. The largest absolute Gasteiger partial charge is 0.312 e. The number of nitrogens with zero attached hydrogens (tertiary/aromatic N) is 4. The molecular weight excluding hydrogens is 184 g/mol. The Morgan fingerprint density at radius 2 is 2.46 bits per heavy atom. The number of hydrogen-bond donors (Lipinski definition) is 0. The van der Waals surface area contributed by atoms with Gasteiger partial charge in [0.25, 0.3) is 0 Å². The number of aromatic nitrogens is 3. The molecule has 1 heterocycles. The first-order valence-corrected chi connectivity index (χ1v) is 5.17. The van der Waals surface area contributed by atoms with Crippen molar-refractivity contribution in [2.24, 2.45) is 7.05 Å². The summed E-state index contributed by atoms with van der Waals surface area (Å²) < 4.78 is 1.90. The second-order valence-corrected chi connectivity index (χ2v) is 3.75. The summed E-state index contributed by atoms with van der Waals surface area (Å²) in [7, 11) is 1.93. The van der Waals surface area contributed by atoms with E-state index in [2.05, 4.69) is 16.3 Å². The highest BCUT2D eigenvalue weighted by molar-refractivity contribution is 7.99. The monoisotopic (exact) mass is 196 g/mol. The molecule has 1 aromatic heterocycles. The molecule has 0 aliphatic carbocycles. The maximum Gasteiger partial charge on any atom is 0.190 e. The Balaban J connectivity index is 2.14. The Bertz CT molecular complexity index is 289. The standard InChI is InChI=1S/C8H12N4S/c1-12-7-10-11-8(12)13-6-4-2-3-5-9/h7H,2-4,6H2,1H3. The van der Waals surface area contributed by atoms with Crippen molar-refractivity contribution in [1.29, 1.82) is 5.26 Å².